The molecule has 0 saturated carbocycles. The number of halogens is 1. The fraction of sp³-hybridized carbons (Fsp3) is 0.370. The van der Waals surface area contributed by atoms with Crippen LogP contribution in [-0.4, -0.2) is 40.2 Å². The molecule has 10 heteroatoms. The van der Waals surface area contributed by atoms with E-state index in [1.807, 2.05) is 56.3 Å². The summed E-state index contributed by atoms with van der Waals surface area (Å²) in [5, 5.41) is 9.22. The van der Waals surface area contributed by atoms with Crippen LogP contribution in [0.4, 0.5) is 5.95 Å². The summed E-state index contributed by atoms with van der Waals surface area (Å²) >= 11 is 7.64. The van der Waals surface area contributed by atoms with Gasteiger partial charge in [-0.15, -0.1) is 5.10 Å². The number of anilines is 1. The normalized spacial score (nSPS) is 14.7. The van der Waals surface area contributed by atoms with E-state index in [4.69, 9.17) is 30.9 Å². The van der Waals surface area contributed by atoms with Crippen LogP contribution >= 0.6 is 23.4 Å². The van der Waals surface area contributed by atoms with Crippen LogP contribution in [0.5, 0.6) is 11.5 Å². The zero-order valence-corrected chi connectivity index (χ0v) is 23.0. The number of ether oxygens (including phenoxy) is 3. The lowest BCUT2D eigenvalue weighted by Crippen LogP contribution is -2.29. The number of carbonyl (C=O) groups excluding carboxylic acids is 1. The Bertz CT molecular complexity index is 1290. The van der Waals surface area contributed by atoms with Crippen LogP contribution in [0.15, 0.2) is 58.9 Å². The highest BCUT2D eigenvalue weighted by Gasteiger charge is 2.35. The van der Waals surface area contributed by atoms with E-state index in [9.17, 15) is 4.79 Å². The molecule has 4 rings (SSSR count). The summed E-state index contributed by atoms with van der Waals surface area (Å²) in [6.45, 7) is 6.65. The topological polar surface area (TPSA) is 87.5 Å². The van der Waals surface area contributed by atoms with Crippen LogP contribution < -0.4 is 14.8 Å². The van der Waals surface area contributed by atoms with Gasteiger partial charge >= 0.3 is 5.97 Å². The van der Waals surface area contributed by atoms with Crippen molar-refractivity contribution in [2.75, 3.05) is 24.8 Å². The number of nitrogens with zero attached hydrogens (tertiary/aromatic N) is 3. The Balaban J connectivity index is 1.69. The minimum absolute atomic E-state index is 0.336. The number of thioether (sulfide) groups is 1. The van der Waals surface area contributed by atoms with Crippen molar-refractivity contribution in [3.8, 4) is 11.5 Å². The van der Waals surface area contributed by atoms with E-state index in [-0.39, 0.29) is 5.97 Å². The highest BCUT2D eigenvalue weighted by molar-refractivity contribution is 7.99. The first kappa shape index (κ1) is 26.9. The van der Waals surface area contributed by atoms with Crippen LogP contribution in [-0.2, 0) is 16.1 Å². The van der Waals surface area contributed by atoms with Gasteiger partial charge in [-0.25, -0.2) is 9.48 Å². The number of aromatic nitrogens is 3. The first-order valence-corrected chi connectivity index (χ1v) is 13.6. The van der Waals surface area contributed by atoms with E-state index in [1.54, 1.807) is 11.8 Å². The molecule has 196 valence electrons. The monoisotopic (exact) mass is 542 g/mol. The van der Waals surface area contributed by atoms with Gasteiger partial charge in [-0.2, -0.15) is 4.98 Å². The number of carbonyl (C=O) groups is 1. The number of esters is 1. The summed E-state index contributed by atoms with van der Waals surface area (Å²) in [6.07, 6.45) is 1.74. The molecule has 1 unspecified atom stereocenters. The van der Waals surface area contributed by atoms with Crippen LogP contribution in [0, 0.1) is 0 Å². The van der Waals surface area contributed by atoms with Gasteiger partial charge in [0.05, 0.1) is 19.3 Å². The average Bonchev–Trinajstić information content (AvgIpc) is 3.28. The van der Waals surface area contributed by atoms with Gasteiger partial charge in [0.15, 0.2) is 11.5 Å². The van der Waals surface area contributed by atoms with E-state index in [0.29, 0.717) is 52.1 Å². The van der Waals surface area contributed by atoms with Crippen molar-refractivity contribution in [3.05, 3.63) is 69.9 Å². The molecule has 0 amide bonds. The van der Waals surface area contributed by atoms with E-state index < -0.39 is 6.04 Å². The minimum Gasteiger partial charge on any atom is -0.493 e. The summed E-state index contributed by atoms with van der Waals surface area (Å²) < 4.78 is 19.1. The first-order valence-electron chi connectivity index (χ1n) is 12.2. The third kappa shape index (κ3) is 6.22. The molecule has 1 N–H and O–H groups in total. The first-order chi connectivity index (χ1) is 17.9. The van der Waals surface area contributed by atoms with Gasteiger partial charge in [-0.1, -0.05) is 61.8 Å². The summed E-state index contributed by atoms with van der Waals surface area (Å²) in [6, 6.07) is 12.6. The number of hydrogen-bond donors (Lipinski definition) is 1. The molecule has 1 aliphatic rings. The van der Waals surface area contributed by atoms with E-state index in [0.717, 1.165) is 29.7 Å². The van der Waals surface area contributed by atoms with Crippen molar-refractivity contribution in [1.82, 2.24) is 14.8 Å². The number of hydrogen-bond acceptors (Lipinski definition) is 8. The number of benzene rings is 2. The lowest BCUT2D eigenvalue weighted by atomic mass is 9.95. The average molecular weight is 543 g/mol. The Morgan fingerprint density at radius 3 is 2.76 bits per heavy atom. The maximum Gasteiger partial charge on any atom is 0.338 e. The van der Waals surface area contributed by atoms with Gasteiger partial charge in [-0.3, -0.25) is 0 Å². The molecule has 1 aromatic heterocycles. The fourth-order valence-electron chi connectivity index (χ4n) is 4.04. The van der Waals surface area contributed by atoms with Crippen molar-refractivity contribution in [2.45, 2.75) is 51.4 Å². The Labute approximate surface area is 226 Å². The van der Waals surface area contributed by atoms with Crippen molar-refractivity contribution >= 4 is 35.3 Å². The standard InChI is InChI=1S/C27H31ClN4O4S/c1-5-7-13-35-25(33)23-17(3)29-26-30-27(37-6-2)31-32(26)24(23)19-11-12-21(22(15-19)34-4)36-16-18-9-8-10-20(28)14-18/h8-12,14-15,24H,5-7,13,16H2,1-4H3,(H,29,30,31). The highest BCUT2D eigenvalue weighted by atomic mass is 35.5. The highest BCUT2D eigenvalue weighted by Crippen LogP contribution is 2.40. The molecular formula is C27H31ClN4O4S. The molecular weight excluding hydrogens is 512 g/mol. The second kappa shape index (κ2) is 12.4. The molecule has 8 nitrogen and oxygen atoms in total. The number of nitrogens with one attached hydrogen (secondary N) is 1. The maximum absolute atomic E-state index is 13.3. The van der Waals surface area contributed by atoms with Crippen LogP contribution in [0.1, 0.15) is 50.8 Å². The lowest BCUT2D eigenvalue weighted by molar-refractivity contribution is -0.139. The maximum atomic E-state index is 13.3. The van der Waals surface area contributed by atoms with Gasteiger partial charge in [0.1, 0.15) is 12.6 Å². The number of methoxy groups -OCH3 is 1. The van der Waals surface area contributed by atoms with Crippen LogP contribution in [0.3, 0.4) is 0 Å². The van der Waals surface area contributed by atoms with Gasteiger partial charge in [0.2, 0.25) is 11.1 Å². The second-order valence-electron chi connectivity index (χ2n) is 8.48. The van der Waals surface area contributed by atoms with Crippen molar-refractivity contribution < 1.29 is 19.0 Å². The molecule has 1 aliphatic heterocycles. The fourth-order valence-corrected chi connectivity index (χ4v) is 4.81. The van der Waals surface area contributed by atoms with Gasteiger partial charge in [0.25, 0.3) is 0 Å². The summed E-state index contributed by atoms with van der Waals surface area (Å²) in [5.41, 5.74) is 2.91. The molecule has 3 aromatic rings. The minimum atomic E-state index is -0.542. The molecule has 0 fully saturated rings. The third-order valence-corrected chi connectivity index (χ3v) is 6.80. The Morgan fingerprint density at radius 1 is 1.19 bits per heavy atom. The van der Waals surface area contributed by atoms with Crippen molar-refractivity contribution in [3.63, 3.8) is 0 Å². The smallest absolute Gasteiger partial charge is 0.338 e. The summed E-state index contributed by atoms with van der Waals surface area (Å²) in [5.74, 6) is 2.14. The predicted molar refractivity (Wildman–Crippen MR) is 146 cm³/mol. The molecule has 2 heterocycles. The van der Waals surface area contributed by atoms with Crippen molar-refractivity contribution in [1.29, 1.82) is 0 Å². The van der Waals surface area contributed by atoms with E-state index in [1.165, 1.54) is 11.8 Å². The van der Waals surface area contributed by atoms with Gasteiger partial charge in [-0.05, 0) is 54.5 Å². The molecule has 0 saturated heterocycles. The quantitative estimate of drug-likeness (QED) is 0.172. The van der Waals surface area contributed by atoms with Crippen molar-refractivity contribution in [2.24, 2.45) is 0 Å². The lowest BCUT2D eigenvalue weighted by Gasteiger charge is -2.28. The molecule has 0 aliphatic carbocycles. The number of rotatable bonds is 11. The molecule has 0 spiro atoms. The van der Waals surface area contributed by atoms with E-state index >= 15 is 0 Å². The Hall–Kier alpha value is -3.17. The van der Waals surface area contributed by atoms with Gasteiger partial charge < -0.3 is 19.5 Å². The van der Waals surface area contributed by atoms with Crippen LogP contribution in [0.25, 0.3) is 0 Å². The molecule has 37 heavy (non-hydrogen) atoms. The second-order valence-corrected chi connectivity index (χ2v) is 10.1. The molecule has 0 bridgehead atoms. The summed E-state index contributed by atoms with van der Waals surface area (Å²) in [4.78, 5) is 17.9. The largest absolute Gasteiger partial charge is 0.493 e. The van der Waals surface area contributed by atoms with Gasteiger partial charge in [0, 0.05) is 10.7 Å². The predicted octanol–water partition coefficient (Wildman–Crippen LogP) is 6.26. The SMILES string of the molecule is CCCCOC(=O)C1=C(C)Nc2nc(SCC)nn2C1c1ccc(OCc2cccc(Cl)c2)c(OC)c1. The zero-order valence-electron chi connectivity index (χ0n) is 21.4. The Kier molecular flexibility index (Phi) is 9.00. The number of unbranched alkanes of at least 4 members (excludes halogenated alkanes) is 1. The number of allylic oxidation sites excluding steroid dienone is 1. The molecule has 1 atom stereocenters. The Morgan fingerprint density at radius 2 is 2.03 bits per heavy atom. The van der Waals surface area contributed by atoms with E-state index in [2.05, 4.69) is 17.2 Å². The zero-order chi connectivity index (χ0) is 26.4. The van der Waals surface area contributed by atoms with Crippen LogP contribution in [0.2, 0.25) is 5.02 Å². The third-order valence-electron chi connectivity index (χ3n) is 5.84. The molecule has 2 aromatic carbocycles. The molecule has 0 radical (unpaired) electrons. The number of fused-ring (bicyclic) bond motifs is 1. The summed E-state index contributed by atoms with van der Waals surface area (Å²) in [7, 11) is 1.59.